The van der Waals surface area contributed by atoms with Crippen LogP contribution >= 0.6 is 0 Å². The summed E-state index contributed by atoms with van der Waals surface area (Å²) in [6.07, 6.45) is 5.83. The van der Waals surface area contributed by atoms with Gasteiger partial charge in [0, 0.05) is 0 Å². The van der Waals surface area contributed by atoms with Gasteiger partial charge in [0.1, 0.15) is 5.92 Å². The van der Waals surface area contributed by atoms with Crippen LogP contribution in [0.25, 0.3) is 0 Å². The van der Waals surface area contributed by atoms with Crippen molar-refractivity contribution in [3.63, 3.8) is 0 Å². The summed E-state index contributed by atoms with van der Waals surface area (Å²) in [4.78, 5) is 0. The molecule has 1 rings (SSSR count). The van der Waals surface area contributed by atoms with Crippen LogP contribution in [-0.2, 0) is 0 Å². The first-order valence-corrected chi connectivity index (χ1v) is 4.17. The molecule has 1 fully saturated rings. The Morgan fingerprint density at radius 3 is 2.00 bits per heavy atom. The molecule has 2 heteroatoms. The third kappa shape index (κ3) is 1.95. The van der Waals surface area contributed by atoms with Crippen LogP contribution in [0.3, 0.4) is 0 Å². The summed E-state index contributed by atoms with van der Waals surface area (Å²) in [7, 11) is 0. The molecule has 0 N–H and O–H groups in total. The van der Waals surface area contributed by atoms with Crippen LogP contribution in [0, 0.1) is 34.5 Å². The molecular formula is C9H12N2. The van der Waals surface area contributed by atoms with Gasteiger partial charge in [-0.25, -0.2) is 0 Å². The van der Waals surface area contributed by atoms with Gasteiger partial charge in [0.15, 0.2) is 0 Å². The van der Waals surface area contributed by atoms with Gasteiger partial charge < -0.3 is 0 Å². The van der Waals surface area contributed by atoms with Gasteiger partial charge >= 0.3 is 0 Å². The SMILES string of the molecule is N#CC(C#N)C1CCCCC1. The quantitative estimate of drug-likeness (QED) is 0.572. The second-order valence-electron chi connectivity index (χ2n) is 3.13. The van der Waals surface area contributed by atoms with E-state index < -0.39 is 0 Å². The minimum Gasteiger partial charge on any atom is -0.197 e. The van der Waals surface area contributed by atoms with Crippen molar-refractivity contribution in [2.24, 2.45) is 11.8 Å². The maximum Gasteiger partial charge on any atom is 0.136 e. The number of nitrogens with zero attached hydrogens (tertiary/aromatic N) is 2. The maximum absolute atomic E-state index is 8.61. The summed E-state index contributed by atoms with van der Waals surface area (Å²) < 4.78 is 0. The van der Waals surface area contributed by atoms with Crippen LogP contribution in [0.4, 0.5) is 0 Å². The molecule has 1 aliphatic rings. The van der Waals surface area contributed by atoms with Gasteiger partial charge in [-0.1, -0.05) is 19.3 Å². The summed E-state index contributed by atoms with van der Waals surface area (Å²) in [5.41, 5.74) is 0. The highest BCUT2D eigenvalue weighted by Gasteiger charge is 2.22. The Balaban J connectivity index is 2.46. The van der Waals surface area contributed by atoms with E-state index in [0.717, 1.165) is 12.8 Å². The highest BCUT2D eigenvalue weighted by molar-refractivity contribution is 5.02. The van der Waals surface area contributed by atoms with Crippen LogP contribution in [0.5, 0.6) is 0 Å². The second-order valence-corrected chi connectivity index (χ2v) is 3.13. The van der Waals surface area contributed by atoms with Gasteiger partial charge in [-0.3, -0.25) is 0 Å². The molecule has 0 amide bonds. The largest absolute Gasteiger partial charge is 0.197 e. The Hall–Kier alpha value is -1.02. The molecule has 0 atom stereocenters. The first-order chi connectivity index (χ1) is 5.38. The predicted octanol–water partition coefficient (Wildman–Crippen LogP) is 2.23. The van der Waals surface area contributed by atoms with Crippen molar-refractivity contribution in [1.82, 2.24) is 0 Å². The van der Waals surface area contributed by atoms with Gasteiger partial charge in [0.2, 0.25) is 0 Å². The Labute approximate surface area is 67.4 Å². The lowest BCUT2D eigenvalue weighted by Gasteiger charge is -2.21. The fourth-order valence-electron chi connectivity index (χ4n) is 1.71. The Morgan fingerprint density at radius 2 is 1.55 bits per heavy atom. The molecule has 11 heavy (non-hydrogen) atoms. The van der Waals surface area contributed by atoms with Crippen molar-refractivity contribution in [3.8, 4) is 12.1 Å². The summed E-state index contributed by atoms with van der Waals surface area (Å²) in [5, 5.41) is 17.2. The molecular weight excluding hydrogens is 136 g/mol. The monoisotopic (exact) mass is 148 g/mol. The average molecular weight is 148 g/mol. The molecule has 0 radical (unpaired) electrons. The van der Waals surface area contributed by atoms with Crippen LogP contribution < -0.4 is 0 Å². The summed E-state index contributed by atoms with van der Waals surface area (Å²) in [6.45, 7) is 0. The standard InChI is InChI=1S/C9H12N2/c10-6-9(7-11)8-4-2-1-3-5-8/h8-9H,1-5H2. The molecule has 0 aliphatic heterocycles. The first-order valence-electron chi connectivity index (χ1n) is 4.17. The van der Waals surface area contributed by atoms with Crippen LogP contribution in [0.2, 0.25) is 0 Å². The van der Waals surface area contributed by atoms with E-state index in [1.165, 1.54) is 19.3 Å². The first kappa shape index (κ1) is 8.08. The minimum atomic E-state index is -0.352. The van der Waals surface area contributed by atoms with E-state index in [1.807, 2.05) is 0 Å². The van der Waals surface area contributed by atoms with E-state index in [4.69, 9.17) is 10.5 Å². The number of hydrogen-bond acceptors (Lipinski definition) is 2. The molecule has 1 saturated carbocycles. The lowest BCUT2D eigenvalue weighted by molar-refractivity contribution is 0.326. The van der Waals surface area contributed by atoms with Gasteiger partial charge in [0.05, 0.1) is 12.1 Å². The molecule has 0 aromatic rings. The normalized spacial score (nSPS) is 19.2. The highest BCUT2D eigenvalue weighted by atomic mass is 14.4. The summed E-state index contributed by atoms with van der Waals surface area (Å²) in [6, 6.07) is 4.12. The number of hydrogen-bond donors (Lipinski definition) is 0. The molecule has 0 bridgehead atoms. The predicted molar refractivity (Wildman–Crippen MR) is 41.3 cm³/mol. The molecule has 1 aliphatic carbocycles. The molecule has 58 valence electrons. The third-order valence-electron chi connectivity index (χ3n) is 2.40. The van der Waals surface area contributed by atoms with Crippen molar-refractivity contribution in [3.05, 3.63) is 0 Å². The molecule has 0 unspecified atom stereocenters. The zero-order valence-corrected chi connectivity index (χ0v) is 6.58. The van der Waals surface area contributed by atoms with E-state index in [0.29, 0.717) is 5.92 Å². The van der Waals surface area contributed by atoms with Crippen molar-refractivity contribution < 1.29 is 0 Å². The van der Waals surface area contributed by atoms with Gasteiger partial charge in [-0.05, 0) is 18.8 Å². The third-order valence-corrected chi connectivity index (χ3v) is 2.40. The van der Waals surface area contributed by atoms with Crippen molar-refractivity contribution >= 4 is 0 Å². The minimum absolute atomic E-state index is 0.352. The molecule has 0 heterocycles. The van der Waals surface area contributed by atoms with Gasteiger partial charge in [-0.15, -0.1) is 0 Å². The van der Waals surface area contributed by atoms with Crippen molar-refractivity contribution in [2.75, 3.05) is 0 Å². The second kappa shape index (κ2) is 3.98. The molecule has 0 spiro atoms. The Kier molecular flexibility index (Phi) is 2.93. The van der Waals surface area contributed by atoms with E-state index >= 15 is 0 Å². The van der Waals surface area contributed by atoms with Gasteiger partial charge in [0.25, 0.3) is 0 Å². The zero-order valence-electron chi connectivity index (χ0n) is 6.58. The Bertz CT molecular complexity index is 177. The van der Waals surface area contributed by atoms with Crippen molar-refractivity contribution in [2.45, 2.75) is 32.1 Å². The molecule has 0 aromatic carbocycles. The van der Waals surface area contributed by atoms with Crippen LogP contribution in [0.1, 0.15) is 32.1 Å². The van der Waals surface area contributed by atoms with Crippen LogP contribution in [-0.4, -0.2) is 0 Å². The van der Waals surface area contributed by atoms with Crippen molar-refractivity contribution in [1.29, 1.82) is 10.5 Å². The van der Waals surface area contributed by atoms with E-state index in [-0.39, 0.29) is 5.92 Å². The summed E-state index contributed by atoms with van der Waals surface area (Å²) >= 11 is 0. The summed E-state index contributed by atoms with van der Waals surface area (Å²) in [5.74, 6) is 0.00838. The average Bonchev–Trinajstić information content (AvgIpc) is 2.09. The fraction of sp³-hybridized carbons (Fsp3) is 0.778. The molecule has 0 aromatic heterocycles. The zero-order chi connectivity index (χ0) is 8.10. The van der Waals surface area contributed by atoms with E-state index in [9.17, 15) is 0 Å². The number of nitriles is 2. The molecule has 2 nitrogen and oxygen atoms in total. The Morgan fingerprint density at radius 1 is 1.00 bits per heavy atom. The van der Waals surface area contributed by atoms with Gasteiger partial charge in [-0.2, -0.15) is 10.5 Å². The van der Waals surface area contributed by atoms with E-state index in [2.05, 4.69) is 12.1 Å². The van der Waals surface area contributed by atoms with Crippen LogP contribution in [0.15, 0.2) is 0 Å². The fourth-order valence-corrected chi connectivity index (χ4v) is 1.71. The van der Waals surface area contributed by atoms with E-state index in [1.54, 1.807) is 0 Å². The smallest absolute Gasteiger partial charge is 0.136 e. The lowest BCUT2D eigenvalue weighted by atomic mass is 9.81. The topological polar surface area (TPSA) is 47.6 Å². The molecule has 0 saturated heterocycles. The number of rotatable bonds is 1. The lowest BCUT2D eigenvalue weighted by Crippen LogP contribution is -2.14. The highest BCUT2D eigenvalue weighted by Crippen LogP contribution is 2.29. The maximum atomic E-state index is 8.61.